The summed E-state index contributed by atoms with van der Waals surface area (Å²) in [6.07, 6.45) is 0. The summed E-state index contributed by atoms with van der Waals surface area (Å²) in [5.41, 5.74) is 1.73. The van der Waals surface area contributed by atoms with Gasteiger partial charge in [0.15, 0.2) is 5.96 Å². The second-order valence-corrected chi connectivity index (χ2v) is 6.65. The molecule has 1 aliphatic heterocycles. The molecule has 0 bridgehead atoms. The summed E-state index contributed by atoms with van der Waals surface area (Å²) in [5.74, 6) is 0.712. The maximum Gasteiger partial charge on any atom is 0.194 e. The first-order valence-electron chi connectivity index (χ1n) is 8.03. The number of rotatable bonds is 3. The zero-order valence-electron chi connectivity index (χ0n) is 14.4. The van der Waals surface area contributed by atoms with E-state index in [1.54, 1.807) is 24.5 Å². The number of hydrogen-bond donors (Lipinski definition) is 1. The third-order valence-corrected chi connectivity index (χ3v) is 5.02. The van der Waals surface area contributed by atoms with Gasteiger partial charge in [-0.1, -0.05) is 12.1 Å². The van der Waals surface area contributed by atoms with Crippen LogP contribution >= 0.6 is 35.3 Å². The normalized spacial score (nSPS) is 15.1. The third kappa shape index (κ3) is 5.04. The second-order valence-electron chi connectivity index (χ2n) is 5.71. The summed E-state index contributed by atoms with van der Waals surface area (Å²) < 4.78 is 13.9. The number of aliphatic imine (C=N–C) groups is 1. The number of anilines is 1. The van der Waals surface area contributed by atoms with E-state index in [1.165, 1.54) is 6.07 Å². The van der Waals surface area contributed by atoms with Crippen LogP contribution in [0.25, 0.3) is 0 Å². The van der Waals surface area contributed by atoms with Crippen molar-refractivity contribution >= 4 is 47.0 Å². The molecule has 5 nitrogen and oxygen atoms in total. The molecule has 0 spiro atoms. The van der Waals surface area contributed by atoms with E-state index < -0.39 is 0 Å². The fraction of sp³-hybridized carbons (Fsp3) is 0.412. The van der Waals surface area contributed by atoms with E-state index in [4.69, 9.17) is 0 Å². The van der Waals surface area contributed by atoms with Crippen molar-refractivity contribution in [3.8, 4) is 0 Å². The van der Waals surface area contributed by atoms with Crippen LogP contribution in [-0.2, 0) is 6.54 Å². The molecule has 1 aromatic carbocycles. The lowest BCUT2D eigenvalue weighted by Gasteiger charge is -2.37. The van der Waals surface area contributed by atoms with Gasteiger partial charge in [0.05, 0.1) is 12.2 Å². The topological polar surface area (TPSA) is 43.8 Å². The smallest absolute Gasteiger partial charge is 0.194 e. The molecule has 2 aromatic rings. The Balaban J connectivity index is 0.00000225. The minimum absolute atomic E-state index is 0. The van der Waals surface area contributed by atoms with E-state index in [-0.39, 0.29) is 29.8 Å². The van der Waals surface area contributed by atoms with E-state index in [1.807, 2.05) is 24.4 Å². The van der Waals surface area contributed by atoms with Crippen LogP contribution in [-0.4, -0.2) is 49.1 Å². The summed E-state index contributed by atoms with van der Waals surface area (Å²) >= 11 is 1.65. The molecule has 8 heteroatoms. The number of piperazine rings is 1. The number of halogens is 2. The van der Waals surface area contributed by atoms with Crippen molar-refractivity contribution in [2.24, 2.45) is 4.99 Å². The molecule has 0 unspecified atom stereocenters. The summed E-state index contributed by atoms with van der Waals surface area (Å²) in [7, 11) is 1.79. The van der Waals surface area contributed by atoms with Crippen LogP contribution in [0, 0.1) is 12.7 Å². The fourth-order valence-electron chi connectivity index (χ4n) is 2.84. The highest BCUT2D eigenvalue weighted by atomic mass is 127. The largest absolute Gasteiger partial charge is 0.366 e. The molecule has 1 aliphatic rings. The summed E-state index contributed by atoms with van der Waals surface area (Å²) in [6.45, 7) is 5.85. The molecule has 2 heterocycles. The first-order chi connectivity index (χ1) is 11.7. The van der Waals surface area contributed by atoms with Crippen LogP contribution in [0.2, 0.25) is 0 Å². The minimum atomic E-state index is -0.160. The van der Waals surface area contributed by atoms with E-state index >= 15 is 0 Å². The van der Waals surface area contributed by atoms with Crippen LogP contribution in [0.3, 0.4) is 0 Å². The standard InChI is InChI=1S/C17H22FN5S.HI/c1-13-12-24-16(21-13)11-20-17(19-2)23-9-7-22(8-10-23)15-6-4-3-5-14(15)18;/h3-6,12H,7-11H2,1-2H3,(H,19,20);1H. The number of para-hydroxylation sites is 1. The summed E-state index contributed by atoms with van der Waals surface area (Å²) in [6, 6.07) is 6.95. The van der Waals surface area contributed by atoms with Gasteiger partial charge in [0.1, 0.15) is 10.8 Å². The molecule has 0 radical (unpaired) electrons. The highest BCUT2D eigenvalue weighted by Crippen LogP contribution is 2.20. The van der Waals surface area contributed by atoms with E-state index in [0.29, 0.717) is 12.2 Å². The number of guanidine groups is 1. The van der Waals surface area contributed by atoms with Crippen LogP contribution in [0.5, 0.6) is 0 Å². The van der Waals surface area contributed by atoms with Gasteiger partial charge >= 0.3 is 0 Å². The minimum Gasteiger partial charge on any atom is -0.366 e. The van der Waals surface area contributed by atoms with Crippen molar-refractivity contribution in [3.05, 3.63) is 46.2 Å². The fourth-order valence-corrected chi connectivity index (χ4v) is 3.55. The maximum atomic E-state index is 13.9. The van der Waals surface area contributed by atoms with E-state index in [0.717, 1.165) is 42.8 Å². The zero-order valence-corrected chi connectivity index (χ0v) is 17.6. The van der Waals surface area contributed by atoms with Gasteiger partial charge in [-0.05, 0) is 19.1 Å². The number of nitrogens with zero attached hydrogens (tertiary/aromatic N) is 4. The molecule has 1 fully saturated rings. The lowest BCUT2D eigenvalue weighted by Crippen LogP contribution is -2.52. The van der Waals surface area contributed by atoms with Crippen LogP contribution in [0.15, 0.2) is 34.6 Å². The van der Waals surface area contributed by atoms with Crippen LogP contribution in [0.1, 0.15) is 10.7 Å². The lowest BCUT2D eigenvalue weighted by atomic mass is 10.2. The Morgan fingerprint density at radius 2 is 2.00 bits per heavy atom. The molecule has 0 aliphatic carbocycles. The molecular weight excluding hydrogens is 452 g/mol. The molecule has 0 atom stereocenters. The molecule has 0 amide bonds. The van der Waals surface area contributed by atoms with Gasteiger partial charge in [-0.3, -0.25) is 4.99 Å². The van der Waals surface area contributed by atoms with Crippen molar-refractivity contribution in [3.63, 3.8) is 0 Å². The number of thiazole rings is 1. The number of aromatic nitrogens is 1. The molecule has 1 aromatic heterocycles. The average molecular weight is 475 g/mol. The summed E-state index contributed by atoms with van der Waals surface area (Å²) in [5, 5.41) is 6.47. The molecule has 136 valence electrons. The van der Waals surface area contributed by atoms with Gasteiger partial charge in [-0.2, -0.15) is 0 Å². The molecule has 1 N–H and O–H groups in total. The highest BCUT2D eigenvalue weighted by Gasteiger charge is 2.21. The Morgan fingerprint density at radius 1 is 1.28 bits per heavy atom. The van der Waals surface area contributed by atoms with Gasteiger partial charge in [-0.15, -0.1) is 35.3 Å². The molecule has 3 rings (SSSR count). The Hall–Kier alpha value is -1.42. The number of benzene rings is 1. The van der Waals surface area contributed by atoms with Crippen molar-refractivity contribution < 1.29 is 4.39 Å². The molecule has 25 heavy (non-hydrogen) atoms. The molecule has 0 saturated carbocycles. The number of aryl methyl sites for hydroxylation is 1. The van der Waals surface area contributed by atoms with Gasteiger partial charge in [-0.25, -0.2) is 9.37 Å². The molecule has 1 saturated heterocycles. The number of nitrogens with one attached hydrogen (secondary N) is 1. The van der Waals surface area contributed by atoms with Gasteiger partial charge in [0.25, 0.3) is 0 Å². The van der Waals surface area contributed by atoms with Crippen molar-refractivity contribution in [2.45, 2.75) is 13.5 Å². The average Bonchev–Trinajstić information content (AvgIpc) is 3.02. The second kappa shape index (κ2) is 9.33. The predicted octanol–water partition coefficient (Wildman–Crippen LogP) is 3.11. The lowest BCUT2D eigenvalue weighted by molar-refractivity contribution is 0.370. The Bertz CT molecular complexity index is 713. The maximum absolute atomic E-state index is 13.9. The monoisotopic (exact) mass is 475 g/mol. The highest BCUT2D eigenvalue weighted by molar-refractivity contribution is 14.0. The zero-order chi connectivity index (χ0) is 16.9. The van der Waals surface area contributed by atoms with Crippen LogP contribution < -0.4 is 10.2 Å². The van der Waals surface area contributed by atoms with Gasteiger partial charge in [0, 0.05) is 44.3 Å². The quantitative estimate of drug-likeness (QED) is 0.421. The van der Waals surface area contributed by atoms with Gasteiger partial charge in [0.2, 0.25) is 0 Å². The Kier molecular flexibility index (Phi) is 7.42. The van der Waals surface area contributed by atoms with Crippen LogP contribution in [0.4, 0.5) is 10.1 Å². The Morgan fingerprint density at radius 3 is 2.60 bits per heavy atom. The Labute approximate surface area is 169 Å². The van der Waals surface area contributed by atoms with E-state index in [9.17, 15) is 4.39 Å². The predicted molar refractivity (Wildman–Crippen MR) is 113 cm³/mol. The summed E-state index contributed by atoms with van der Waals surface area (Å²) in [4.78, 5) is 13.1. The third-order valence-electron chi connectivity index (χ3n) is 4.05. The SMILES string of the molecule is CN=C(NCc1nc(C)cs1)N1CCN(c2ccccc2F)CC1.I. The van der Waals surface area contributed by atoms with E-state index in [2.05, 4.69) is 25.1 Å². The van der Waals surface area contributed by atoms with Crippen molar-refractivity contribution in [2.75, 3.05) is 38.1 Å². The van der Waals surface area contributed by atoms with Gasteiger partial charge < -0.3 is 15.1 Å². The molecular formula is C17H23FIN5S. The van der Waals surface area contributed by atoms with Crippen molar-refractivity contribution in [1.82, 2.24) is 15.2 Å². The first kappa shape index (κ1) is 19.9. The number of hydrogen-bond acceptors (Lipinski definition) is 4. The first-order valence-corrected chi connectivity index (χ1v) is 8.91. The van der Waals surface area contributed by atoms with Crippen molar-refractivity contribution in [1.29, 1.82) is 0 Å².